The van der Waals surface area contributed by atoms with Crippen molar-refractivity contribution in [3.63, 3.8) is 0 Å². The number of hydrogen-bond donors (Lipinski definition) is 1. The van der Waals surface area contributed by atoms with Crippen molar-refractivity contribution in [2.45, 2.75) is 25.6 Å². The van der Waals surface area contributed by atoms with Crippen molar-refractivity contribution in [1.82, 2.24) is 15.2 Å². The highest BCUT2D eigenvalue weighted by atomic mass is 35.5. The van der Waals surface area contributed by atoms with E-state index in [0.29, 0.717) is 22.2 Å². The minimum Gasteiger partial charge on any atom is -0.482 e. The molecular weight excluding hydrogens is 521 g/mol. The van der Waals surface area contributed by atoms with Gasteiger partial charge in [0.2, 0.25) is 5.91 Å². The fraction of sp³-hybridized carbons (Fsp3) is 0.167. The first-order valence-electron chi connectivity index (χ1n) is 12.1. The molecule has 1 aromatic heterocycles. The van der Waals surface area contributed by atoms with Crippen LogP contribution in [-0.2, 0) is 29.1 Å². The lowest BCUT2D eigenvalue weighted by atomic mass is 10.0. The van der Waals surface area contributed by atoms with Gasteiger partial charge in [0, 0.05) is 24.2 Å². The number of nitrogens with zero attached hydrogens (tertiary/aromatic N) is 2. The Hall–Kier alpha value is -3.87. The van der Waals surface area contributed by atoms with Crippen molar-refractivity contribution in [2.24, 2.45) is 0 Å². The molecule has 2 amide bonds. The molecule has 0 aliphatic heterocycles. The Morgan fingerprint density at radius 3 is 2.26 bits per heavy atom. The number of amides is 2. The summed E-state index contributed by atoms with van der Waals surface area (Å²) in [6.07, 6.45) is 1.99. The second-order valence-corrected chi connectivity index (χ2v) is 9.46. The fourth-order valence-corrected chi connectivity index (χ4v) is 4.24. The van der Waals surface area contributed by atoms with Crippen LogP contribution in [-0.4, -0.2) is 34.3 Å². The third-order valence-electron chi connectivity index (χ3n) is 5.89. The molecule has 0 spiro atoms. The van der Waals surface area contributed by atoms with Crippen LogP contribution >= 0.6 is 23.2 Å². The molecular formula is C30H27Cl2N3O3. The van der Waals surface area contributed by atoms with E-state index < -0.39 is 6.04 Å². The van der Waals surface area contributed by atoms with E-state index in [1.807, 2.05) is 60.7 Å². The maximum absolute atomic E-state index is 13.6. The number of pyridine rings is 1. The number of hydrogen-bond acceptors (Lipinski definition) is 4. The van der Waals surface area contributed by atoms with Crippen LogP contribution in [0.25, 0.3) is 0 Å². The lowest BCUT2D eigenvalue weighted by Crippen LogP contribution is -2.51. The quantitative estimate of drug-likeness (QED) is 0.260. The van der Waals surface area contributed by atoms with Gasteiger partial charge in [0.05, 0.1) is 17.3 Å². The van der Waals surface area contributed by atoms with Crippen LogP contribution in [0.15, 0.2) is 103 Å². The van der Waals surface area contributed by atoms with Crippen LogP contribution in [0.1, 0.15) is 16.8 Å². The number of rotatable bonds is 11. The Bertz CT molecular complexity index is 1340. The highest BCUT2D eigenvalue weighted by molar-refractivity contribution is 6.32. The van der Waals surface area contributed by atoms with Gasteiger partial charge in [-0.3, -0.25) is 14.6 Å². The largest absolute Gasteiger partial charge is 0.482 e. The fourth-order valence-electron chi connectivity index (χ4n) is 3.92. The third kappa shape index (κ3) is 7.81. The topological polar surface area (TPSA) is 71.5 Å². The molecule has 38 heavy (non-hydrogen) atoms. The van der Waals surface area contributed by atoms with Crippen LogP contribution in [0.4, 0.5) is 0 Å². The van der Waals surface area contributed by atoms with E-state index in [2.05, 4.69) is 10.3 Å². The maximum Gasteiger partial charge on any atom is 0.261 e. The van der Waals surface area contributed by atoms with Crippen LogP contribution in [0.3, 0.4) is 0 Å². The average Bonchev–Trinajstić information content (AvgIpc) is 2.95. The molecule has 0 bridgehead atoms. The zero-order chi connectivity index (χ0) is 26.7. The Morgan fingerprint density at radius 1 is 0.842 bits per heavy atom. The maximum atomic E-state index is 13.6. The van der Waals surface area contributed by atoms with Crippen LogP contribution < -0.4 is 10.1 Å². The van der Waals surface area contributed by atoms with Crippen molar-refractivity contribution in [3.8, 4) is 5.75 Å². The number of para-hydroxylation sites is 1. The highest BCUT2D eigenvalue weighted by Crippen LogP contribution is 2.24. The summed E-state index contributed by atoms with van der Waals surface area (Å²) in [7, 11) is 0. The number of ether oxygens (including phenoxy) is 1. The Morgan fingerprint density at radius 2 is 1.55 bits per heavy atom. The average molecular weight is 548 g/mol. The second-order valence-electron chi connectivity index (χ2n) is 8.61. The van der Waals surface area contributed by atoms with E-state index in [-0.39, 0.29) is 31.5 Å². The normalized spacial score (nSPS) is 11.4. The van der Waals surface area contributed by atoms with Crippen LogP contribution in [0, 0.1) is 0 Å². The van der Waals surface area contributed by atoms with E-state index >= 15 is 0 Å². The lowest BCUT2D eigenvalue weighted by Gasteiger charge is -2.31. The lowest BCUT2D eigenvalue weighted by molar-refractivity contribution is -0.142. The molecule has 0 saturated carbocycles. The molecule has 4 aromatic rings. The molecule has 1 atom stereocenters. The molecule has 0 fully saturated rings. The number of aromatic nitrogens is 1. The van der Waals surface area contributed by atoms with Gasteiger partial charge < -0.3 is 15.0 Å². The SMILES string of the molecule is O=C(NCc1ccccn1)[C@H](Cc1ccccc1)N(Cc1ccc(Cl)cc1)C(=O)COc1ccccc1Cl. The summed E-state index contributed by atoms with van der Waals surface area (Å²) in [6.45, 7) is 0.149. The summed E-state index contributed by atoms with van der Waals surface area (Å²) in [4.78, 5) is 33.1. The van der Waals surface area contributed by atoms with Gasteiger partial charge in [0.25, 0.3) is 5.91 Å². The Kier molecular flexibility index (Phi) is 9.73. The first-order valence-corrected chi connectivity index (χ1v) is 12.9. The zero-order valence-corrected chi connectivity index (χ0v) is 22.1. The smallest absolute Gasteiger partial charge is 0.261 e. The minimum absolute atomic E-state index is 0.191. The Labute approximate surface area is 232 Å². The number of nitrogens with one attached hydrogen (secondary N) is 1. The van der Waals surface area contributed by atoms with Gasteiger partial charge in [-0.25, -0.2) is 0 Å². The summed E-state index contributed by atoms with van der Waals surface area (Å²) < 4.78 is 5.76. The second kappa shape index (κ2) is 13.6. The number of carbonyl (C=O) groups is 2. The molecule has 1 N–H and O–H groups in total. The van der Waals surface area contributed by atoms with Crippen molar-refractivity contribution in [3.05, 3.63) is 130 Å². The summed E-state index contributed by atoms with van der Waals surface area (Å²) in [5, 5.41) is 3.94. The van der Waals surface area contributed by atoms with Crippen LogP contribution in [0.5, 0.6) is 5.75 Å². The molecule has 0 aliphatic carbocycles. The van der Waals surface area contributed by atoms with Crippen molar-refractivity contribution in [2.75, 3.05) is 6.61 Å². The van der Waals surface area contributed by atoms with Gasteiger partial charge in [0.15, 0.2) is 6.61 Å². The summed E-state index contributed by atoms with van der Waals surface area (Å²) in [5.74, 6) is -0.249. The van der Waals surface area contributed by atoms with Gasteiger partial charge in [-0.05, 0) is 47.5 Å². The summed E-state index contributed by atoms with van der Waals surface area (Å²) in [5.41, 5.74) is 2.47. The predicted octanol–water partition coefficient (Wildman–Crippen LogP) is 5.72. The Balaban J connectivity index is 1.61. The molecule has 8 heteroatoms. The first-order chi connectivity index (χ1) is 18.5. The van der Waals surface area contributed by atoms with Gasteiger partial charge >= 0.3 is 0 Å². The molecule has 194 valence electrons. The molecule has 0 radical (unpaired) electrons. The van der Waals surface area contributed by atoms with Crippen LogP contribution in [0.2, 0.25) is 10.0 Å². The standard InChI is InChI=1S/C30H27Cl2N3O3/c31-24-15-13-23(14-16-24)20-35(29(36)21-38-28-12-5-4-11-26(28)32)27(18-22-8-2-1-3-9-22)30(37)34-19-25-10-6-7-17-33-25/h1-17,27H,18-21H2,(H,34,37)/t27-/m0/s1. The number of carbonyl (C=O) groups excluding carboxylic acids is 2. The van der Waals surface area contributed by atoms with E-state index in [4.69, 9.17) is 27.9 Å². The van der Waals surface area contributed by atoms with E-state index in [1.54, 1.807) is 47.5 Å². The molecule has 0 saturated heterocycles. The van der Waals surface area contributed by atoms with E-state index in [1.165, 1.54) is 0 Å². The van der Waals surface area contributed by atoms with Gasteiger partial charge in [-0.1, -0.05) is 83.9 Å². The molecule has 6 nitrogen and oxygen atoms in total. The molecule has 0 unspecified atom stereocenters. The van der Waals surface area contributed by atoms with Gasteiger partial charge in [-0.2, -0.15) is 0 Å². The molecule has 0 aliphatic rings. The number of benzene rings is 3. The highest BCUT2D eigenvalue weighted by Gasteiger charge is 2.30. The summed E-state index contributed by atoms with van der Waals surface area (Å²) in [6, 6.07) is 28.4. The predicted molar refractivity (Wildman–Crippen MR) is 149 cm³/mol. The van der Waals surface area contributed by atoms with E-state index in [9.17, 15) is 9.59 Å². The minimum atomic E-state index is -0.806. The monoisotopic (exact) mass is 547 g/mol. The molecule has 1 heterocycles. The molecule has 3 aromatic carbocycles. The van der Waals surface area contributed by atoms with Crippen molar-refractivity contribution in [1.29, 1.82) is 0 Å². The van der Waals surface area contributed by atoms with E-state index in [0.717, 1.165) is 16.8 Å². The molecule has 4 rings (SSSR count). The third-order valence-corrected chi connectivity index (χ3v) is 6.46. The van der Waals surface area contributed by atoms with Gasteiger partial charge in [-0.15, -0.1) is 0 Å². The zero-order valence-electron chi connectivity index (χ0n) is 20.6. The first kappa shape index (κ1) is 27.2. The van der Waals surface area contributed by atoms with Gasteiger partial charge in [0.1, 0.15) is 11.8 Å². The van der Waals surface area contributed by atoms with Crippen molar-refractivity contribution >= 4 is 35.0 Å². The summed E-state index contributed by atoms with van der Waals surface area (Å²) >= 11 is 12.3. The number of halogens is 2. The van der Waals surface area contributed by atoms with Crippen molar-refractivity contribution < 1.29 is 14.3 Å².